The van der Waals surface area contributed by atoms with Crippen LogP contribution in [0.2, 0.25) is 0 Å². The lowest BCUT2D eigenvalue weighted by atomic mass is 10.0. The Labute approximate surface area is 145 Å². The highest BCUT2D eigenvalue weighted by atomic mass is 32.2. The maximum absolute atomic E-state index is 12.7. The SMILES string of the molecule is CS(=O)(=O)N(CC(F)(F)F)C1CCN(c2ccnc(C3CC3)n2)CC1. The van der Waals surface area contributed by atoms with Gasteiger partial charge in [-0.25, -0.2) is 18.4 Å². The zero-order chi connectivity index (χ0) is 18.2. The normalized spacial score (nSPS) is 20.3. The first-order valence-electron chi connectivity index (χ1n) is 8.25. The average molecular weight is 378 g/mol. The molecule has 0 bridgehead atoms. The Kier molecular flexibility index (Phi) is 4.93. The van der Waals surface area contributed by atoms with Gasteiger partial charge in [0.05, 0.1) is 6.26 Å². The molecule has 1 aliphatic heterocycles. The van der Waals surface area contributed by atoms with E-state index in [2.05, 4.69) is 9.97 Å². The molecule has 2 aliphatic rings. The molecule has 0 aromatic carbocycles. The summed E-state index contributed by atoms with van der Waals surface area (Å²) < 4.78 is 62.3. The van der Waals surface area contributed by atoms with Crippen LogP contribution in [-0.4, -0.2) is 60.8 Å². The Morgan fingerprint density at radius 2 is 1.88 bits per heavy atom. The Morgan fingerprint density at radius 1 is 1.24 bits per heavy atom. The van der Waals surface area contributed by atoms with Gasteiger partial charge in [0.25, 0.3) is 0 Å². The summed E-state index contributed by atoms with van der Waals surface area (Å²) in [5, 5.41) is 0. The molecule has 10 heteroatoms. The van der Waals surface area contributed by atoms with Crippen LogP contribution < -0.4 is 4.90 Å². The number of nitrogens with zero attached hydrogens (tertiary/aromatic N) is 4. The molecule has 1 saturated carbocycles. The first kappa shape index (κ1) is 18.4. The van der Waals surface area contributed by atoms with Crippen molar-refractivity contribution < 1.29 is 21.6 Å². The summed E-state index contributed by atoms with van der Waals surface area (Å²) in [4.78, 5) is 10.8. The second kappa shape index (κ2) is 6.71. The van der Waals surface area contributed by atoms with Crippen molar-refractivity contribution in [3.05, 3.63) is 18.1 Å². The van der Waals surface area contributed by atoms with Gasteiger partial charge in [-0.2, -0.15) is 17.5 Å². The molecule has 1 aliphatic carbocycles. The van der Waals surface area contributed by atoms with E-state index >= 15 is 0 Å². The van der Waals surface area contributed by atoms with Gasteiger partial charge in [-0.3, -0.25) is 0 Å². The topological polar surface area (TPSA) is 66.4 Å². The first-order chi connectivity index (χ1) is 11.6. The monoisotopic (exact) mass is 378 g/mol. The van der Waals surface area contributed by atoms with Crippen LogP contribution in [-0.2, 0) is 10.0 Å². The zero-order valence-corrected chi connectivity index (χ0v) is 14.7. The molecular formula is C15H21F3N4O2S. The molecule has 1 aromatic heterocycles. The van der Waals surface area contributed by atoms with Crippen LogP contribution in [0.4, 0.5) is 19.0 Å². The van der Waals surface area contributed by atoms with E-state index in [1.54, 1.807) is 12.3 Å². The molecule has 0 atom stereocenters. The van der Waals surface area contributed by atoms with Crippen molar-refractivity contribution in [3.63, 3.8) is 0 Å². The van der Waals surface area contributed by atoms with E-state index in [9.17, 15) is 21.6 Å². The number of hydrogen-bond acceptors (Lipinski definition) is 5. The van der Waals surface area contributed by atoms with E-state index in [-0.39, 0.29) is 0 Å². The van der Waals surface area contributed by atoms with Gasteiger partial charge in [-0.15, -0.1) is 0 Å². The quantitative estimate of drug-likeness (QED) is 0.785. The lowest BCUT2D eigenvalue weighted by molar-refractivity contribution is -0.139. The minimum absolute atomic E-state index is 0.339. The number of sulfonamides is 1. The van der Waals surface area contributed by atoms with E-state index in [1.807, 2.05) is 4.90 Å². The maximum atomic E-state index is 12.7. The van der Waals surface area contributed by atoms with Crippen molar-refractivity contribution in [1.82, 2.24) is 14.3 Å². The lowest BCUT2D eigenvalue weighted by Crippen LogP contribution is -2.50. The molecule has 2 fully saturated rings. The van der Waals surface area contributed by atoms with Crippen LogP contribution in [0.1, 0.15) is 37.4 Å². The third kappa shape index (κ3) is 4.81. The number of rotatable bonds is 5. The van der Waals surface area contributed by atoms with Gasteiger partial charge in [0.1, 0.15) is 18.2 Å². The van der Waals surface area contributed by atoms with Crippen molar-refractivity contribution in [2.45, 2.75) is 43.8 Å². The average Bonchev–Trinajstić information content (AvgIpc) is 3.36. The number of hydrogen-bond donors (Lipinski definition) is 0. The second-order valence-corrected chi connectivity index (χ2v) is 8.62. The third-order valence-electron chi connectivity index (χ3n) is 4.56. The molecule has 0 unspecified atom stereocenters. The fourth-order valence-corrected chi connectivity index (χ4v) is 4.29. The Hall–Kier alpha value is -1.42. The molecule has 0 radical (unpaired) electrons. The summed E-state index contributed by atoms with van der Waals surface area (Å²) in [6.07, 6.45) is 0.842. The van der Waals surface area contributed by atoms with Crippen molar-refractivity contribution in [1.29, 1.82) is 0 Å². The van der Waals surface area contributed by atoms with Crippen LogP contribution in [0.5, 0.6) is 0 Å². The summed E-state index contributed by atoms with van der Waals surface area (Å²) in [5.41, 5.74) is 0. The number of aromatic nitrogens is 2. The largest absolute Gasteiger partial charge is 0.402 e. The van der Waals surface area contributed by atoms with E-state index in [0.29, 0.717) is 36.2 Å². The van der Waals surface area contributed by atoms with Crippen molar-refractivity contribution in [3.8, 4) is 0 Å². The highest BCUT2D eigenvalue weighted by Crippen LogP contribution is 2.38. The van der Waals surface area contributed by atoms with Crippen LogP contribution in [0.15, 0.2) is 12.3 Å². The molecule has 6 nitrogen and oxygen atoms in total. The first-order valence-corrected chi connectivity index (χ1v) is 10.1. The number of anilines is 1. The van der Waals surface area contributed by atoms with E-state index in [0.717, 1.165) is 30.7 Å². The number of halogens is 3. The van der Waals surface area contributed by atoms with Gasteiger partial charge in [-0.1, -0.05) is 0 Å². The molecule has 0 N–H and O–H groups in total. The van der Waals surface area contributed by atoms with Gasteiger partial charge in [0.2, 0.25) is 10.0 Å². The summed E-state index contributed by atoms with van der Waals surface area (Å²) >= 11 is 0. The number of piperidine rings is 1. The van der Waals surface area contributed by atoms with Gasteiger partial charge in [0, 0.05) is 31.2 Å². The predicted octanol–water partition coefficient (Wildman–Crippen LogP) is 2.15. The van der Waals surface area contributed by atoms with Crippen LogP contribution in [0.3, 0.4) is 0 Å². The van der Waals surface area contributed by atoms with Gasteiger partial charge in [-0.05, 0) is 31.7 Å². The van der Waals surface area contributed by atoms with Crippen molar-refractivity contribution in [2.75, 3.05) is 30.8 Å². The fraction of sp³-hybridized carbons (Fsp3) is 0.733. The van der Waals surface area contributed by atoms with Crippen molar-refractivity contribution >= 4 is 15.8 Å². The zero-order valence-electron chi connectivity index (χ0n) is 13.9. The molecule has 25 heavy (non-hydrogen) atoms. The molecule has 2 heterocycles. The van der Waals surface area contributed by atoms with Crippen LogP contribution >= 0.6 is 0 Å². The van der Waals surface area contributed by atoms with Gasteiger partial charge < -0.3 is 4.90 Å². The van der Waals surface area contributed by atoms with Crippen molar-refractivity contribution in [2.24, 2.45) is 0 Å². The minimum atomic E-state index is -4.55. The van der Waals surface area contributed by atoms with E-state index in [4.69, 9.17) is 0 Å². The summed E-state index contributed by atoms with van der Waals surface area (Å²) in [6.45, 7) is -0.499. The summed E-state index contributed by atoms with van der Waals surface area (Å²) in [7, 11) is -3.92. The molecule has 1 aromatic rings. The lowest BCUT2D eigenvalue weighted by Gasteiger charge is -2.38. The number of alkyl halides is 3. The molecule has 140 valence electrons. The Bertz CT molecular complexity index is 714. The molecule has 0 amide bonds. The van der Waals surface area contributed by atoms with Crippen LogP contribution in [0.25, 0.3) is 0 Å². The molecule has 1 saturated heterocycles. The highest BCUT2D eigenvalue weighted by Gasteiger charge is 2.39. The standard InChI is InChI=1S/C15H21F3N4O2S/c1-25(23,24)22(10-15(16,17)18)12-5-8-21(9-6-12)13-4-7-19-14(20-13)11-2-3-11/h4,7,11-12H,2-3,5-6,8-10H2,1H3. The summed E-state index contributed by atoms with van der Waals surface area (Å²) in [6, 6.07) is 1.15. The molecule has 3 rings (SSSR count). The van der Waals surface area contributed by atoms with E-state index in [1.165, 1.54) is 0 Å². The minimum Gasteiger partial charge on any atom is -0.356 e. The predicted molar refractivity (Wildman–Crippen MR) is 86.8 cm³/mol. The second-order valence-electron chi connectivity index (χ2n) is 6.69. The maximum Gasteiger partial charge on any atom is 0.402 e. The smallest absolute Gasteiger partial charge is 0.356 e. The molecular weight excluding hydrogens is 357 g/mol. The van der Waals surface area contributed by atoms with Crippen LogP contribution in [0, 0.1) is 0 Å². The fourth-order valence-electron chi connectivity index (χ4n) is 3.15. The van der Waals surface area contributed by atoms with Gasteiger partial charge in [0.15, 0.2) is 0 Å². The molecule has 0 spiro atoms. The summed E-state index contributed by atoms with van der Waals surface area (Å²) in [5.74, 6) is 2.00. The Balaban J connectivity index is 1.66. The Morgan fingerprint density at radius 3 is 2.40 bits per heavy atom. The van der Waals surface area contributed by atoms with Gasteiger partial charge >= 0.3 is 6.18 Å². The third-order valence-corrected chi connectivity index (χ3v) is 5.84. The van der Waals surface area contributed by atoms with E-state index < -0.39 is 28.8 Å². The highest BCUT2D eigenvalue weighted by molar-refractivity contribution is 7.88.